The van der Waals surface area contributed by atoms with Gasteiger partial charge in [-0.3, -0.25) is 4.79 Å². The fourth-order valence-corrected chi connectivity index (χ4v) is 7.07. The van der Waals surface area contributed by atoms with E-state index in [1.165, 1.54) is 11.1 Å². The Bertz CT molecular complexity index is 1180. The van der Waals surface area contributed by atoms with Crippen LogP contribution >= 0.6 is 11.6 Å². The van der Waals surface area contributed by atoms with Crippen molar-refractivity contribution in [3.8, 4) is 5.75 Å². The molecule has 0 radical (unpaired) electrons. The van der Waals surface area contributed by atoms with Gasteiger partial charge in [0.15, 0.2) is 0 Å². The summed E-state index contributed by atoms with van der Waals surface area (Å²) in [6.07, 6.45) is 6.80. The van der Waals surface area contributed by atoms with Crippen molar-refractivity contribution in [1.82, 2.24) is 9.62 Å². The Morgan fingerprint density at radius 2 is 1.89 bits per heavy atom. The zero-order chi connectivity index (χ0) is 26.5. The maximum absolute atomic E-state index is 13.4. The summed E-state index contributed by atoms with van der Waals surface area (Å²) in [4.78, 5) is 15.5. The number of carbonyl (C=O) groups is 1. The van der Waals surface area contributed by atoms with E-state index in [-0.39, 0.29) is 36.3 Å². The molecule has 1 atom stereocenters. The molecule has 0 spiro atoms. The molecule has 8 heteroatoms. The average molecular weight is 547 g/mol. The standard InChI is InChI=1S/C29H39ClN2O4S/c1-3-5-20-37(34,35)31-17-19-36-25-13-8-22-14-18-32(27(33)7-4-2)28(26(22)21-25)29(15-6-16-29)23-9-11-24(30)12-10-23/h8-13,21,28,31H,3-7,14-20H2,1-2H3. The predicted octanol–water partition coefficient (Wildman–Crippen LogP) is 5.79. The molecule has 4 rings (SSSR count). The van der Waals surface area contributed by atoms with E-state index in [2.05, 4.69) is 33.9 Å². The van der Waals surface area contributed by atoms with E-state index < -0.39 is 10.0 Å². The van der Waals surface area contributed by atoms with E-state index in [1.807, 2.05) is 32.0 Å². The fourth-order valence-electron chi connectivity index (χ4n) is 5.74. The lowest BCUT2D eigenvalue weighted by Crippen LogP contribution is -2.53. The van der Waals surface area contributed by atoms with Crippen LogP contribution in [0.3, 0.4) is 0 Å². The van der Waals surface area contributed by atoms with Crippen molar-refractivity contribution in [1.29, 1.82) is 0 Å². The SMILES string of the molecule is CCCCS(=O)(=O)NCCOc1ccc2c(c1)C(C1(c3ccc(Cl)cc3)CCC1)N(C(=O)CCC)CC2. The van der Waals surface area contributed by atoms with Crippen LogP contribution in [-0.2, 0) is 26.7 Å². The van der Waals surface area contributed by atoms with Crippen LogP contribution in [0.4, 0.5) is 0 Å². The largest absolute Gasteiger partial charge is 0.492 e. The molecule has 2 aromatic carbocycles. The highest BCUT2D eigenvalue weighted by molar-refractivity contribution is 7.89. The van der Waals surface area contributed by atoms with E-state index in [1.54, 1.807) is 0 Å². The Hall–Kier alpha value is -2.09. The summed E-state index contributed by atoms with van der Waals surface area (Å²) in [7, 11) is -3.28. The highest BCUT2D eigenvalue weighted by Crippen LogP contribution is 2.56. The van der Waals surface area contributed by atoms with Gasteiger partial charge in [0.05, 0.1) is 11.8 Å². The van der Waals surface area contributed by atoms with Crippen molar-refractivity contribution < 1.29 is 17.9 Å². The van der Waals surface area contributed by atoms with Gasteiger partial charge in [-0.1, -0.05) is 56.5 Å². The van der Waals surface area contributed by atoms with Crippen molar-refractivity contribution >= 4 is 27.5 Å². The third kappa shape index (κ3) is 6.32. The molecule has 1 unspecified atom stereocenters. The van der Waals surface area contributed by atoms with Crippen LogP contribution in [0.5, 0.6) is 5.75 Å². The number of fused-ring (bicyclic) bond motifs is 1. The van der Waals surface area contributed by atoms with Crippen LogP contribution in [0.15, 0.2) is 42.5 Å². The first-order valence-corrected chi connectivity index (χ1v) is 15.6. The maximum atomic E-state index is 13.4. The van der Waals surface area contributed by atoms with E-state index in [9.17, 15) is 13.2 Å². The summed E-state index contributed by atoms with van der Waals surface area (Å²) < 4.78 is 32.8. The van der Waals surface area contributed by atoms with Gasteiger partial charge in [0, 0.05) is 29.9 Å². The summed E-state index contributed by atoms with van der Waals surface area (Å²) in [6, 6.07) is 14.2. The molecular formula is C29H39ClN2O4S. The summed E-state index contributed by atoms with van der Waals surface area (Å²) >= 11 is 6.22. The first-order valence-electron chi connectivity index (χ1n) is 13.6. The maximum Gasteiger partial charge on any atom is 0.223 e. The topological polar surface area (TPSA) is 75.7 Å². The van der Waals surface area contributed by atoms with Crippen molar-refractivity contribution in [2.75, 3.05) is 25.4 Å². The second kappa shape index (κ2) is 12.2. The third-order valence-corrected chi connectivity index (χ3v) is 9.50. The van der Waals surface area contributed by atoms with Gasteiger partial charge in [-0.15, -0.1) is 0 Å². The lowest BCUT2D eigenvalue weighted by Gasteiger charge is -2.54. The number of unbranched alkanes of at least 4 members (excludes halogenated alkanes) is 1. The fraction of sp³-hybridized carbons (Fsp3) is 0.552. The summed E-state index contributed by atoms with van der Waals surface area (Å²) in [5.41, 5.74) is 3.46. The Morgan fingerprint density at radius 3 is 2.54 bits per heavy atom. The van der Waals surface area contributed by atoms with Crippen LogP contribution in [0, 0.1) is 0 Å². The van der Waals surface area contributed by atoms with Gasteiger partial charge < -0.3 is 9.64 Å². The third-order valence-electron chi connectivity index (χ3n) is 7.78. The van der Waals surface area contributed by atoms with E-state index >= 15 is 0 Å². The van der Waals surface area contributed by atoms with Crippen molar-refractivity contribution in [2.24, 2.45) is 0 Å². The highest BCUT2D eigenvalue weighted by Gasteiger charge is 2.51. The van der Waals surface area contributed by atoms with Crippen molar-refractivity contribution in [2.45, 2.75) is 76.7 Å². The molecule has 1 heterocycles. The number of benzene rings is 2. The Morgan fingerprint density at radius 1 is 1.14 bits per heavy atom. The normalized spacial score (nSPS) is 18.7. The van der Waals surface area contributed by atoms with Gasteiger partial charge in [0.25, 0.3) is 0 Å². The number of nitrogens with zero attached hydrogens (tertiary/aromatic N) is 1. The summed E-state index contributed by atoms with van der Waals surface area (Å²) in [5.74, 6) is 1.04. The van der Waals surface area contributed by atoms with Crippen LogP contribution in [-0.4, -0.2) is 44.7 Å². The molecule has 1 fully saturated rings. The number of ether oxygens (including phenoxy) is 1. The van der Waals surface area contributed by atoms with Crippen molar-refractivity contribution in [3.05, 3.63) is 64.2 Å². The molecule has 2 aliphatic rings. The second-order valence-electron chi connectivity index (χ2n) is 10.3. The number of hydrogen-bond donors (Lipinski definition) is 1. The minimum atomic E-state index is -3.28. The lowest BCUT2D eigenvalue weighted by molar-refractivity contribution is -0.137. The first kappa shape index (κ1) is 27.9. The minimum absolute atomic E-state index is 0.0682. The lowest BCUT2D eigenvalue weighted by atomic mass is 9.57. The van der Waals surface area contributed by atoms with Gasteiger partial charge in [-0.05, 0) is 73.1 Å². The number of rotatable bonds is 12. The monoisotopic (exact) mass is 546 g/mol. The Balaban J connectivity index is 1.60. The number of carbonyl (C=O) groups excluding carboxylic acids is 1. The first-order chi connectivity index (χ1) is 17.8. The van der Waals surface area contributed by atoms with Gasteiger partial charge in [0.2, 0.25) is 15.9 Å². The molecule has 0 saturated heterocycles. The number of nitrogens with one attached hydrogen (secondary N) is 1. The zero-order valence-electron chi connectivity index (χ0n) is 22.0. The molecule has 2 aromatic rings. The highest BCUT2D eigenvalue weighted by atomic mass is 35.5. The molecular weight excluding hydrogens is 508 g/mol. The number of halogens is 1. The predicted molar refractivity (Wildman–Crippen MR) is 149 cm³/mol. The van der Waals surface area contributed by atoms with Gasteiger partial charge >= 0.3 is 0 Å². The molecule has 1 amide bonds. The van der Waals surface area contributed by atoms with Gasteiger partial charge in [0.1, 0.15) is 12.4 Å². The number of sulfonamides is 1. The van der Waals surface area contributed by atoms with Crippen LogP contribution in [0.2, 0.25) is 5.02 Å². The molecule has 1 aliphatic carbocycles. The van der Waals surface area contributed by atoms with Gasteiger partial charge in [-0.2, -0.15) is 0 Å². The molecule has 202 valence electrons. The molecule has 37 heavy (non-hydrogen) atoms. The molecule has 1 saturated carbocycles. The number of hydrogen-bond acceptors (Lipinski definition) is 4. The Kier molecular flexibility index (Phi) is 9.20. The van der Waals surface area contributed by atoms with Crippen LogP contribution < -0.4 is 9.46 Å². The van der Waals surface area contributed by atoms with Crippen molar-refractivity contribution in [3.63, 3.8) is 0 Å². The van der Waals surface area contributed by atoms with E-state index in [0.29, 0.717) is 30.2 Å². The molecule has 0 aromatic heterocycles. The number of amides is 1. The van der Waals surface area contributed by atoms with E-state index in [4.69, 9.17) is 16.3 Å². The van der Waals surface area contributed by atoms with Gasteiger partial charge in [-0.25, -0.2) is 13.1 Å². The summed E-state index contributed by atoms with van der Waals surface area (Å²) in [6.45, 7) is 5.20. The smallest absolute Gasteiger partial charge is 0.223 e. The average Bonchev–Trinajstić information content (AvgIpc) is 2.86. The summed E-state index contributed by atoms with van der Waals surface area (Å²) in [5, 5.41) is 0.710. The zero-order valence-corrected chi connectivity index (χ0v) is 23.5. The molecule has 0 bridgehead atoms. The van der Waals surface area contributed by atoms with Crippen LogP contribution in [0.25, 0.3) is 0 Å². The van der Waals surface area contributed by atoms with Crippen LogP contribution in [0.1, 0.15) is 81.5 Å². The second-order valence-corrected chi connectivity index (χ2v) is 12.6. The molecule has 6 nitrogen and oxygen atoms in total. The van der Waals surface area contributed by atoms with E-state index in [0.717, 1.165) is 44.1 Å². The minimum Gasteiger partial charge on any atom is -0.492 e. The quantitative estimate of drug-likeness (QED) is 0.342. The molecule has 1 aliphatic heterocycles. The Labute approximate surface area is 226 Å². The molecule has 1 N–H and O–H groups in total.